The number of hydrogen-bond donors (Lipinski definition) is 0. The maximum Gasteiger partial charge on any atom is 0.262 e. The fourth-order valence-corrected chi connectivity index (χ4v) is 4.80. The molecule has 0 bridgehead atoms. The van der Waals surface area contributed by atoms with Crippen molar-refractivity contribution in [2.24, 2.45) is 0 Å². The number of thiophene rings is 1. The maximum atomic E-state index is 13.4. The SMILES string of the molecule is CC(C)c1nc2sc(-c3ccccc3)cc2c(=O)n1C1CCN(C)CC1. The fourth-order valence-electron chi connectivity index (χ4n) is 3.77. The van der Waals surface area contributed by atoms with E-state index in [0.29, 0.717) is 0 Å². The van der Waals surface area contributed by atoms with E-state index in [0.717, 1.165) is 52.4 Å². The summed E-state index contributed by atoms with van der Waals surface area (Å²) >= 11 is 1.62. The summed E-state index contributed by atoms with van der Waals surface area (Å²) in [6.45, 7) is 6.33. The van der Waals surface area contributed by atoms with Crippen LogP contribution < -0.4 is 5.56 Å². The van der Waals surface area contributed by atoms with Gasteiger partial charge in [-0.15, -0.1) is 11.3 Å². The Bertz CT molecular complexity index is 966. The van der Waals surface area contributed by atoms with Crippen molar-refractivity contribution in [3.8, 4) is 10.4 Å². The Labute approximate surface area is 158 Å². The molecule has 1 aromatic carbocycles. The second kappa shape index (κ2) is 6.97. The van der Waals surface area contributed by atoms with Crippen LogP contribution in [0.5, 0.6) is 0 Å². The zero-order chi connectivity index (χ0) is 18.3. The molecule has 0 N–H and O–H groups in total. The monoisotopic (exact) mass is 367 g/mol. The highest BCUT2D eigenvalue weighted by atomic mass is 32.1. The molecule has 136 valence electrons. The van der Waals surface area contributed by atoms with Gasteiger partial charge in [0.15, 0.2) is 0 Å². The molecule has 26 heavy (non-hydrogen) atoms. The van der Waals surface area contributed by atoms with E-state index < -0.39 is 0 Å². The molecule has 1 fully saturated rings. The molecular formula is C21H25N3OS. The van der Waals surface area contributed by atoms with Gasteiger partial charge in [0.25, 0.3) is 5.56 Å². The van der Waals surface area contributed by atoms with Gasteiger partial charge in [-0.25, -0.2) is 4.98 Å². The molecule has 0 atom stereocenters. The second-order valence-electron chi connectivity index (χ2n) is 7.53. The number of hydrogen-bond acceptors (Lipinski definition) is 4. The molecule has 0 aliphatic carbocycles. The normalized spacial score (nSPS) is 16.6. The van der Waals surface area contributed by atoms with Gasteiger partial charge >= 0.3 is 0 Å². The minimum Gasteiger partial charge on any atom is -0.306 e. The highest BCUT2D eigenvalue weighted by Crippen LogP contribution is 2.33. The zero-order valence-electron chi connectivity index (χ0n) is 15.6. The molecule has 5 heteroatoms. The van der Waals surface area contributed by atoms with Crippen LogP contribution in [0, 0.1) is 0 Å². The first-order valence-corrected chi connectivity index (χ1v) is 10.2. The van der Waals surface area contributed by atoms with Crippen molar-refractivity contribution in [2.45, 2.75) is 38.6 Å². The van der Waals surface area contributed by atoms with Gasteiger partial charge in [0.05, 0.1) is 5.39 Å². The first-order chi connectivity index (χ1) is 12.5. The molecule has 0 saturated carbocycles. The van der Waals surface area contributed by atoms with Crippen molar-refractivity contribution in [3.05, 3.63) is 52.6 Å². The van der Waals surface area contributed by atoms with Gasteiger partial charge in [0, 0.05) is 16.8 Å². The molecule has 3 heterocycles. The molecule has 0 amide bonds. The number of piperidine rings is 1. The van der Waals surface area contributed by atoms with Gasteiger partial charge in [0.1, 0.15) is 10.7 Å². The number of fused-ring (bicyclic) bond motifs is 1. The van der Waals surface area contributed by atoms with E-state index in [2.05, 4.69) is 37.9 Å². The lowest BCUT2D eigenvalue weighted by atomic mass is 10.0. The third kappa shape index (κ3) is 3.10. The number of aromatic nitrogens is 2. The molecular weight excluding hydrogens is 342 g/mol. The Morgan fingerprint density at radius 2 is 1.85 bits per heavy atom. The molecule has 4 nitrogen and oxygen atoms in total. The van der Waals surface area contributed by atoms with Gasteiger partial charge in [-0.1, -0.05) is 44.2 Å². The van der Waals surface area contributed by atoms with Crippen LogP contribution in [0.1, 0.15) is 44.5 Å². The van der Waals surface area contributed by atoms with Crippen molar-refractivity contribution in [1.82, 2.24) is 14.5 Å². The van der Waals surface area contributed by atoms with Gasteiger partial charge < -0.3 is 4.90 Å². The topological polar surface area (TPSA) is 38.1 Å². The summed E-state index contributed by atoms with van der Waals surface area (Å²) in [6, 6.07) is 12.5. The number of likely N-dealkylation sites (tertiary alicyclic amines) is 1. The molecule has 0 radical (unpaired) electrons. The van der Waals surface area contributed by atoms with Crippen molar-refractivity contribution in [2.75, 3.05) is 20.1 Å². The van der Waals surface area contributed by atoms with Gasteiger partial charge in [-0.05, 0) is 44.6 Å². The van der Waals surface area contributed by atoms with Crippen molar-refractivity contribution < 1.29 is 0 Å². The summed E-state index contributed by atoms with van der Waals surface area (Å²) in [5.41, 5.74) is 1.28. The first kappa shape index (κ1) is 17.4. The Hall–Kier alpha value is -1.98. The lowest BCUT2D eigenvalue weighted by Crippen LogP contribution is -2.37. The van der Waals surface area contributed by atoms with Crippen LogP contribution in [-0.4, -0.2) is 34.6 Å². The quantitative estimate of drug-likeness (QED) is 0.683. The standard InChI is InChI=1S/C21H25N3OS/c1-14(2)19-22-20-17(13-18(26-20)15-7-5-4-6-8-15)21(25)24(19)16-9-11-23(3)12-10-16/h4-8,13-14,16H,9-12H2,1-3H3. The van der Waals surface area contributed by atoms with Crippen LogP contribution >= 0.6 is 11.3 Å². The summed E-state index contributed by atoms with van der Waals surface area (Å²) in [5.74, 6) is 1.16. The number of rotatable bonds is 3. The Balaban J connectivity index is 1.87. The predicted molar refractivity (Wildman–Crippen MR) is 109 cm³/mol. The van der Waals surface area contributed by atoms with Crippen molar-refractivity contribution >= 4 is 21.6 Å². The summed E-state index contributed by atoms with van der Waals surface area (Å²) < 4.78 is 2.00. The molecule has 2 aromatic heterocycles. The van der Waals surface area contributed by atoms with E-state index >= 15 is 0 Å². The van der Waals surface area contributed by atoms with Gasteiger partial charge in [0.2, 0.25) is 0 Å². The number of nitrogens with zero attached hydrogens (tertiary/aromatic N) is 3. The van der Waals surface area contributed by atoms with E-state index in [9.17, 15) is 4.79 Å². The zero-order valence-corrected chi connectivity index (χ0v) is 16.4. The van der Waals surface area contributed by atoms with E-state index in [-0.39, 0.29) is 17.5 Å². The predicted octanol–water partition coefficient (Wildman–Crippen LogP) is 4.52. The molecule has 1 aliphatic heterocycles. The van der Waals surface area contributed by atoms with Crippen molar-refractivity contribution in [1.29, 1.82) is 0 Å². The van der Waals surface area contributed by atoms with Crippen LogP contribution in [0.2, 0.25) is 0 Å². The third-order valence-electron chi connectivity index (χ3n) is 5.25. The minimum atomic E-state index is 0.131. The average Bonchev–Trinajstić information content (AvgIpc) is 3.08. The molecule has 1 aliphatic rings. The third-order valence-corrected chi connectivity index (χ3v) is 6.33. The van der Waals surface area contributed by atoms with Crippen molar-refractivity contribution in [3.63, 3.8) is 0 Å². The van der Waals surface area contributed by atoms with E-state index in [4.69, 9.17) is 4.98 Å². The second-order valence-corrected chi connectivity index (χ2v) is 8.56. The summed E-state index contributed by atoms with van der Waals surface area (Å²) in [4.78, 5) is 22.6. The summed E-state index contributed by atoms with van der Waals surface area (Å²) in [6.07, 6.45) is 2.03. The average molecular weight is 368 g/mol. The molecule has 0 spiro atoms. The molecule has 0 unspecified atom stereocenters. The van der Waals surface area contributed by atoms with E-state index in [1.807, 2.05) is 28.8 Å². The van der Waals surface area contributed by atoms with Crippen LogP contribution in [-0.2, 0) is 0 Å². The summed E-state index contributed by atoms with van der Waals surface area (Å²) in [5, 5.41) is 0.761. The number of benzene rings is 1. The van der Waals surface area contributed by atoms with E-state index in [1.165, 1.54) is 0 Å². The highest BCUT2D eigenvalue weighted by Gasteiger charge is 2.25. The minimum absolute atomic E-state index is 0.131. The molecule has 1 saturated heterocycles. The van der Waals surface area contributed by atoms with Crippen LogP contribution in [0.15, 0.2) is 41.2 Å². The smallest absolute Gasteiger partial charge is 0.262 e. The maximum absolute atomic E-state index is 13.4. The van der Waals surface area contributed by atoms with Gasteiger partial charge in [-0.3, -0.25) is 9.36 Å². The van der Waals surface area contributed by atoms with Gasteiger partial charge in [-0.2, -0.15) is 0 Å². The summed E-state index contributed by atoms with van der Waals surface area (Å²) in [7, 11) is 2.15. The Morgan fingerprint density at radius 3 is 2.50 bits per heavy atom. The lowest BCUT2D eigenvalue weighted by Gasteiger charge is -2.31. The van der Waals surface area contributed by atoms with E-state index in [1.54, 1.807) is 11.3 Å². The lowest BCUT2D eigenvalue weighted by molar-refractivity contribution is 0.215. The van der Waals surface area contributed by atoms with Crippen LogP contribution in [0.4, 0.5) is 0 Å². The first-order valence-electron chi connectivity index (χ1n) is 9.34. The molecule has 3 aromatic rings. The van der Waals surface area contributed by atoms with Crippen LogP contribution in [0.3, 0.4) is 0 Å². The Morgan fingerprint density at radius 1 is 1.15 bits per heavy atom. The molecule has 4 rings (SSSR count). The Kier molecular flexibility index (Phi) is 4.67. The highest BCUT2D eigenvalue weighted by molar-refractivity contribution is 7.21. The largest absolute Gasteiger partial charge is 0.306 e. The van der Waals surface area contributed by atoms with Crippen LogP contribution in [0.25, 0.3) is 20.7 Å². The fraction of sp³-hybridized carbons (Fsp3) is 0.429.